The third-order valence-electron chi connectivity index (χ3n) is 2.21. The van der Waals surface area contributed by atoms with E-state index in [9.17, 15) is 14.4 Å². The second-order valence-corrected chi connectivity index (χ2v) is 3.85. The zero-order chi connectivity index (χ0) is 14.0. The topological polar surface area (TPSA) is 104 Å². The quantitative estimate of drug-likeness (QED) is 0.538. The molecule has 0 aromatic heterocycles. The highest BCUT2D eigenvalue weighted by molar-refractivity contribution is 5.84. The van der Waals surface area contributed by atoms with E-state index in [1.165, 1.54) is 0 Å². The number of unbranched alkanes of at least 4 members (excludes halogenated alkanes) is 1. The summed E-state index contributed by atoms with van der Waals surface area (Å²) in [5, 5.41) is 19.6. The molecule has 6 heteroatoms. The van der Waals surface area contributed by atoms with Crippen molar-refractivity contribution in [3.05, 3.63) is 12.2 Å². The monoisotopic (exact) mass is 257 g/mol. The van der Waals surface area contributed by atoms with Crippen molar-refractivity contribution < 1.29 is 24.6 Å². The van der Waals surface area contributed by atoms with Crippen molar-refractivity contribution in [2.75, 3.05) is 0 Å². The van der Waals surface area contributed by atoms with Gasteiger partial charge in [0.2, 0.25) is 5.91 Å². The predicted molar refractivity (Wildman–Crippen MR) is 65.1 cm³/mol. The number of rotatable bonds is 9. The average molecular weight is 257 g/mol. The predicted octanol–water partition coefficient (Wildman–Crippen LogP) is 1.17. The van der Waals surface area contributed by atoms with Crippen LogP contribution in [0, 0.1) is 0 Å². The molecule has 0 aliphatic rings. The van der Waals surface area contributed by atoms with Gasteiger partial charge in [-0.2, -0.15) is 0 Å². The highest BCUT2D eigenvalue weighted by Gasteiger charge is 2.20. The third kappa shape index (κ3) is 8.32. The van der Waals surface area contributed by atoms with Gasteiger partial charge in [-0.05, 0) is 12.8 Å². The van der Waals surface area contributed by atoms with Crippen LogP contribution in [-0.2, 0) is 14.4 Å². The molecule has 0 saturated heterocycles. The van der Waals surface area contributed by atoms with Crippen molar-refractivity contribution >= 4 is 17.8 Å². The summed E-state index contributed by atoms with van der Waals surface area (Å²) in [4.78, 5) is 32.5. The summed E-state index contributed by atoms with van der Waals surface area (Å²) < 4.78 is 0. The van der Waals surface area contributed by atoms with E-state index in [4.69, 9.17) is 10.2 Å². The summed E-state index contributed by atoms with van der Waals surface area (Å²) in [6.07, 6.45) is 5.08. The highest BCUT2D eigenvalue weighted by atomic mass is 16.4. The molecule has 0 aromatic carbocycles. The lowest BCUT2D eigenvalue weighted by atomic mass is 10.1. The van der Waals surface area contributed by atoms with Crippen LogP contribution in [0.3, 0.4) is 0 Å². The van der Waals surface area contributed by atoms with Gasteiger partial charge in [0, 0.05) is 12.8 Å². The molecule has 0 bridgehead atoms. The fraction of sp³-hybridized carbons (Fsp3) is 0.583. The third-order valence-corrected chi connectivity index (χ3v) is 2.21. The van der Waals surface area contributed by atoms with E-state index >= 15 is 0 Å². The second-order valence-electron chi connectivity index (χ2n) is 3.85. The minimum atomic E-state index is -1.22. The molecule has 0 aromatic rings. The van der Waals surface area contributed by atoms with Gasteiger partial charge in [-0.3, -0.25) is 9.59 Å². The van der Waals surface area contributed by atoms with Gasteiger partial charge in [-0.1, -0.05) is 25.5 Å². The number of amides is 1. The fourth-order valence-electron chi connectivity index (χ4n) is 1.25. The number of hydrogen-bond acceptors (Lipinski definition) is 3. The number of carbonyl (C=O) groups excluding carboxylic acids is 1. The van der Waals surface area contributed by atoms with Gasteiger partial charge >= 0.3 is 11.9 Å². The van der Waals surface area contributed by atoms with Gasteiger partial charge in [-0.15, -0.1) is 0 Å². The molecule has 6 nitrogen and oxygen atoms in total. The first kappa shape index (κ1) is 16.1. The first-order valence-corrected chi connectivity index (χ1v) is 5.86. The number of carbonyl (C=O) groups is 3. The summed E-state index contributed by atoms with van der Waals surface area (Å²) in [6.45, 7) is 2.01. The Kier molecular flexibility index (Phi) is 8.26. The molecule has 3 N–H and O–H groups in total. The number of carboxylic acid groups (broad SMARTS) is 2. The second kappa shape index (κ2) is 9.21. The van der Waals surface area contributed by atoms with Crippen molar-refractivity contribution in [3.8, 4) is 0 Å². The maximum absolute atomic E-state index is 11.4. The normalized spacial score (nSPS) is 12.3. The highest BCUT2D eigenvalue weighted by Crippen LogP contribution is 1.99. The largest absolute Gasteiger partial charge is 0.481 e. The molecule has 0 spiro atoms. The molecule has 0 heterocycles. The lowest BCUT2D eigenvalue weighted by molar-refractivity contribution is -0.143. The van der Waals surface area contributed by atoms with E-state index in [-0.39, 0.29) is 19.3 Å². The minimum Gasteiger partial charge on any atom is -0.481 e. The smallest absolute Gasteiger partial charge is 0.326 e. The fourth-order valence-corrected chi connectivity index (χ4v) is 1.25. The van der Waals surface area contributed by atoms with Crippen LogP contribution >= 0.6 is 0 Å². The van der Waals surface area contributed by atoms with Gasteiger partial charge in [0.1, 0.15) is 6.04 Å². The van der Waals surface area contributed by atoms with Crippen LogP contribution in [0.25, 0.3) is 0 Å². The Morgan fingerprint density at radius 2 is 1.89 bits per heavy atom. The van der Waals surface area contributed by atoms with Crippen LogP contribution in [0.15, 0.2) is 12.2 Å². The molecule has 1 amide bonds. The van der Waals surface area contributed by atoms with Gasteiger partial charge < -0.3 is 15.5 Å². The van der Waals surface area contributed by atoms with Crippen LogP contribution in [-0.4, -0.2) is 34.1 Å². The molecule has 0 unspecified atom stereocenters. The zero-order valence-electron chi connectivity index (χ0n) is 10.4. The van der Waals surface area contributed by atoms with Crippen LogP contribution < -0.4 is 5.32 Å². The molecule has 0 saturated carbocycles. The van der Waals surface area contributed by atoms with Crippen molar-refractivity contribution in [2.45, 2.75) is 45.1 Å². The molecule has 0 aliphatic heterocycles. The average Bonchev–Trinajstić information content (AvgIpc) is 2.29. The maximum Gasteiger partial charge on any atom is 0.326 e. The number of allylic oxidation sites excluding steroid dienone is 1. The van der Waals surface area contributed by atoms with E-state index in [0.717, 1.165) is 12.8 Å². The minimum absolute atomic E-state index is 0.108. The van der Waals surface area contributed by atoms with E-state index in [1.807, 2.05) is 13.0 Å². The van der Waals surface area contributed by atoms with Gasteiger partial charge in [-0.25, -0.2) is 4.79 Å². The molecule has 1 atom stereocenters. The standard InChI is InChI=1S/C12H19NO5/c1-2-3-4-5-6-10(14)13-9(12(17)18)7-8-11(15)16/h4-5,9H,2-3,6-8H2,1H3,(H,13,14)(H,15,16)(H,17,18)/b5-4+/t9-/m0/s1. The first-order chi connectivity index (χ1) is 8.47. The van der Waals surface area contributed by atoms with E-state index in [0.29, 0.717) is 0 Å². The molecule has 0 radical (unpaired) electrons. The van der Waals surface area contributed by atoms with Crippen LogP contribution in [0.2, 0.25) is 0 Å². The number of nitrogens with one attached hydrogen (secondary N) is 1. The van der Waals surface area contributed by atoms with Crippen molar-refractivity contribution in [1.29, 1.82) is 0 Å². The Balaban J connectivity index is 4.11. The number of carboxylic acids is 2. The summed E-state index contributed by atoms with van der Waals surface area (Å²) in [7, 11) is 0. The Morgan fingerprint density at radius 1 is 1.22 bits per heavy atom. The van der Waals surface area contributed by atoms with Crippen LogP contribution in [0.1, 0.15) is 39.0 Å². The lowest BCUT2D eigenvalue weighted by Gasteiger charge is -2.12. The van der Waals surface area contributed by atoms with E-state index in [2.05, 4.69) is 5.32 Å². The van der Waals surface area contributed by atoms with E-state index in [1.54, 1.807) is 6.08 Å². The Bertz CT molecular complexity index is 324. The van der Waals surface area contributed by atoms with Gasteiger partial charge in [0.25, 0.3) is 0 Å². The van der Waals surface area contributed by atoms with Crippen LogP contribution in [0.5, 0.6) is 0 Å². The SMILES string of the molecule is CCC/C=C/CC(=O)N[C@@H](CCC(=O)O)C(=O)O. The molecule has 0 rings (SSSR count). The summed E-state index contributed by atoms with van der Waals surface area (Å²) >= 11 is 0. The Labute approximate surface area is 106 Å². The summed E-state index contributed by atoms with van der Waals surface area (Å²) in [5.41, 5.74) is 0. The first-order valence-electron chi connectivity index (χ1n) is 5.86. The Hall–Kier alpha value is -1.85. The molecule has 0 aliphatic carbocycles. The Morgan fingerprint density at radius 3 is 2.39 bits per heavy atom. The van der Waals surface area contributed by atoms with Crippen molar-refractivity contribution in [2.24, 2.45) is 0 Å². The maximum atomic E-state index is 11.4. The summed E-state index contributed by atoms with van der Waals surface area (Å²) in [5.74, 6) is -2.72. The number of hydrogen-bond donors (Lipinski definition) is 3. The molecule has 18 heavy (non-hydrogen) atoms. The summed E-state index contributed by atoms with van der Waals surface area (Å²) in [6, 6.07) is -1.15. The molecular formula is C12H19NO5. The van der Waals surface area contributed by atoms with Crippen LogP contribution in [0.4, 0.5) is 0 Å². The number of aliphatic carboxylic acids is 2. The lowest BCUT2D eigenvalue weighted by Crippen LogP contribution is -2.40. The van der Waals surface area contributed by atoms with Crippen molar-refractivity contribution in [3.63, 3.8) is 0 Å². The molecule has 0 fully saturated rings. The zero-order valence-corrected chi connectivity index (χ0v) is 10.4. The van der Waals surface area contributed by atoms with Gasteiger partial charge in [0.05, 0.1) is 0 Å². The van der Waals surface area contributed by atoms with Gasteiger partial charge in [0.15, 0.2) is 0 Å². The van der Waals surface area contributed by atoms with Crippen molar-refractivity contribution in [1.82, 2.24) is 5.32 Å². The molecular weight excluding hydrogens is 238 g/mol. The molecule has 102 valence electrons. The van der Waals surface area contributed by atoms with E-state index < -0.39 is 23.9 Å².